The van der Waals surface area contributed by atoms with Crippen LogP contribution in [0.4, 0.5) is 4.39 Å². The van der Waals surface area contributed by atoms with E-state index in [1.54, 1.807) is 19.2 Å². The first-order chi connectivity index (χ1) is 21.8. The number of amides is 1. The molecule has 248 valence electrons. The lowest BCUT2D eigenvalue weighted by Gasteiger charge is -2.45. The Morgan fingerprint density at radius 3 is 2.72 bits per heavy atom. The zero-order valence-electron chi connectivity index (χ0n) is 28.4. The first-order valence-corrected chi connectivity index (χ1v) is 19.1. The summed E-state index contributed by atoms with van der Waals surface area (Å²) in [5.41, 5.74) is 7.12. The van der Waals surface area contributed by atoms with E-state index in [4.69, 9.17) is 9.16 Å². The zero-order valence-corrected chi connectivity index (χ0v) is 29.4. The number of aryl methyl sites for hydroxylation is 1. The van der Waals surface area contributed by atoms with Crippen LogP contribution in [0.2, 0.25) is 18.1 Å². The number of halogens is 1. The Labute approximate surface area is 273 Å². The number of ether oxygens (including phenoxy) is 1. The number of hydrogen-bond acceptors (Lipinski definition) is 7. The van der Waals surface area contributed by atoms with Gasteiger partial charge in [0, 0.05) is 62.0 Å². The van der Waals surface area contributed by atoms with Crippen molar-refractivity contribution in [2.45, 2.75) is 77.0 Å². The molecule has 2 aliphatic heterocycles. The summed E-state index contributed by atoms with van der Waals surface area (Å²) in [6.45, 7) is 15.5. The average molecular weight is 649 g/mol. The molecule has 1 aliphatic carbocycles. The second-order valence-electron chi connectivity index (χ2n) is 14.0. The van der Waals surface area contributed by atoms with Crippen LogP contribution >= 0.6 is 0 Å². The van der Waals surface area contributed by atoms with E-state index in [1.165, 1.54) is 6.07 Å². The Balaban J connectivity index is 1.37. The molecule has 1 fully saturated rings. The van der Waals surface area contributed by atoms with Crippen molar-refractivity contribution in [3.63, 3.8) is 0 Å². The Bertz CT molecular complexity index is 1610. The number of pyridine rings is 1. The molecule has 11 heteroatoms. The summed E-state index contributed by atoms with van der Waals surface area (Å²) in [5.74, 6) is -0.00620. The van der Waals surface area contributed by atoms with Crippen molar-refractivity contribution in [2.75, 3.05) is 26.7 Å². The van der Waals surface area contributed by atoms with Gasteiger partial charge in [0.25, 0.3) is 5.91 Å². The van der Waals surface area contributed by atoms with Crippen molar-refractivity contribution < 1.29 is 18.3 Å². The van der Waals surface area contributed by atoms with E-state index < -0.39 is 8.32 Å². The molecule has 3 aliphatic rings. The molecule has 0 spiro atoms. The molecule has 2 N–H and O–H groups in total. The van der Waals surface area contributed by atoms with Crippen LogP contribution in [-0.2, 0) is 22.8 Å². The van der Waals surface area contributed by atoms with Gasteiger partial charge in [0.05, 0.1) is 31.0 Å². The Morgan fingerprint density at radius 1 is 1.24 bits per heavy atom. The van der Waals surface area contributed by atoms with Gasteiger partial charge in [-0.2, -0.15) is 5.10 Å². The number of hydrogen-bond donors (Lipinski definition) is 2. The van der Waals surface area contributed by atoms with Gasteiger partial charge in [-0.3, -0.25) is 14.7 Å². The van der Waals surface area contributed by atoms with Crippen LogP contribution < -0.4 is 21.0 Å². The maximum atomic E-state index is 14.9. The number of nitrogens with zero attached hydrogens (tertiary/aromatic N) is 4. The van der Waals surface area contributed by atoms with Gasteiger partial charge in [0.2, 0.25) is 0 Å². The van der Waals surface area contributed by atoms with E-state index in [0.29, 0.717) is 36.5 Å². The highest BCUT2D eigenvalue weighted by Crippen LogP contribution is 2.39. The lowest BCUT2D eigenvalue weighted by molar-refractivity contribution is -0.119. The standard InChI is InChI=1S/C35H49FN6O3Si/c1-9-37-32-16-14-24(20-41(32)5)33-25-19-23(13-15-28(25)39-40-33)34(43)38-29-22-42(21-26-27(36)11-10-12-30(26)44-6)18-17-31(29)45-46(7,8)35(2,3)4/h10-16,19-20,25,28-29,31,39H,9,17-18,21-22H2,1-8H3,(H,38,43). The SMILES string of the molecule is CCN=c1ccc(C2=NNC3C=CC(C(=O)NC4CN(Cc5c(F)cccc5OC)CCC4O[Si](C)(C)C(C)(C)C)=CC23)cn1C. The highest BCUT2D eigenvalue weighted by Gasteiger charge is 2.43. The van der Waals surface area contributed by atoms with Gasteiger partial charge in [-0.1, -0.05) is 45.1 Å². The minimum absolute atomic E-state index is 0.0209. The third-order valence-electron chi connectivity index (χ3n) is 9.74. The highest BCUT2D eigenvalue weighted by atomic mass is 28.4. The van der Waals surface area contributed by atoms with Gasteiger partial charge in [-0.05, 0) is 55.7 Å². The van der Waals surface area contributed by atoms with Crippen molar-refractivity contribution in [3.05, 3.63) is 82.8 Å². The molecule has 9 nitrogen and oxygen atoms in total. The molecule has 3 heterocycles. The number of carbonyl (C=O) groups excluding carboxylic acids is 1. The van der Waals surface area contributed by atoms with Crippen LogP contribution in [0.3, 0.4) is 0 Å². The number of hydrazone groups is 1. The predicted molar refractivity (Wildman–Crippen MR) is 183 cm³/mol. The van der Waals surface area contributed by atoms with Gasteiger partial charge < -0.3 is 24.5 Å². The van der Waals surface area contributed by atoms with Crippen LogP contribution in [0, 0.1) is 11.7 Å². The summed E-state index contributed by atoms with van der Waals surface area (Å²) in [4.78, 5) is 20.6. The quantitative estimate of drug-likeness (QED) is 0.386. The number of rotatable bonds is 9. The van der Waals surface area contributed by atoms with Crippen molar-refractivity contribution in [2.24, 2.45) is 23.1 Å². The second kappa shape index (κ2) is 13.7. The normalized spacial score (nSPS) is 23.8. The molecule has 0 bridgehead atoms. The van der Waals surface area contributed by atoms with E-state index in [0.717, 1.165) is 29.7 Å². The first-order valence-electron chi connectivity index (χ1n) is 16.2. The van der Waals surface area contributed by atoms with Crippen molar-refractivity contribution in [1.29, 1.82) is 0 Å². The fourth-order valence-electron chi connectivity index (χ4n) is 6.09. The van der Waals surface area contributed by atoms with E-state index in [-0.39, 0.29) is 40.9 Å². The zero-order chi connectivity index (χ0) is 33.2. The van der Waals surface area contributed by atoms with Crippen LogP contribution in [0.5, 0.6) is 5.75 Å². The van der Waals surface area contributed by atoms with Gasteiger partial charge in [-0.25, -0.2) is 4.39 Å². The summed E-state index contributed by atoms with van der Waals surface area (Å²) in [5, 5.41) is 8.01. The first kappa shape index (κ1) is 33.8. The summed E-state index contributed by atoms with van der Waals surface area (Å²) < 4.78 is 29.3. The molecule has 4 unspecified atom stereocenters. The summed E-state index contributed by atoms with van der Waals surface area (Å²) in [7, 11) is 1.40. The van der Waals surface area contributed by atoms with Crippen LogP contribution in [-0.4, -0.2) is 74.3 Å². The van der Waals surface area contributed by atoms with Gasteiger partial charge in [-0.15, -0.1) is 0 Å². The van der Waals surface area contributed by atoms with Gasteiger partial charge >= 0.3 is 0 Å². The van der Waals surface area contributed by atoms with E-state index in [2.05, 4.69) is 59.6 Å². The minimum atomic E-state index is -2.13. The van der Waals surface area contributed by atoms with Gasteiger partial charge in [0.15, 0.2) is 8.32 Å². The molecule has 1 amide bonds. The Kier molecular flexibility index (Phi) is 10.0. The molecule has 0 saturated carbocycles. The maximum Gasteiger partial charge on any atom is 0.251 e. The fourth-order valence-corrected chi connectivity index (χ4v) is 7.48. The minimum Gasteiger partial charge on any atom is -0.496 e. The van der Waals surface area contributed by atoms with E-state index in [9.17, 15) is 9.18 Å². The smallest absolute Gasteiger partial charge is 0.251 e. The number of likely N-dealkylation sites (tertiary alicyclic amines) is 1. The topological polar surface area (TPSA) is 92.5 Å². The van der Waals surface area contributed by atoms with Crippen LogP contribution in [0.15, 0.2) is 70.4 Å². The molecule has 4 atom stereocenters. The number of piperidine rings is 1. The van der Waals surface area contributed by atoms with Crippen molar-refractivity contribution in [1.82, 2.24) is 20.2 Å². The largest absolute Gasteiger partial charge is 0.496 e. The lowest BCUT2D eigenvalue weighted by atomic mass is 9.86. The number of aromatic nitrogens is 1. The molecule has 1 aromatic heterocycles. The maximum absolute atomic E-state index is 14.9. The molecule has 1 aromatic carbocycles. The Morgan fingerprint density at radius 2 is 2.02 bits per heavy atom. The number of fused-ring (bicyclic) bond motifs is 1. The highest BCUT2D eigenvalue weighted by molar-refractivity contribution is 6.74. The number of benzene rings is 1. The molecule has 46 heavy (non-hydrogen) atoms. The lowest BCUT2D eigenvalue weighted by Crippen LogP contribution is -2.59. The molecule has 1 saturated heterocycles. The molecule has 2 aromatic rings. The van der Waals surface area contributed by atoms with Crippen molar-refractivity contribution in [3.8, 4) is 5.75 Å². The molecule has 5 rings (SSSR count). The molecular formula is C35H49FN6O3Si. The van der Waals surface area contributed by atoms with E-state index >= 15 is 0 Å². The van der Waals surface area contributed by atoms with E-state index in [1.807, 2.05) is 55.1 Å². The summed E-state index contributed by atoms with van der Waals surface area (Å²) >= 11 is 0. The second-order valence-corrected chi connectivity index (χ2v) is 18.7. The van der Waals surface area contributed by atoms with Gasteiger partial charge in [0.1, 0.15) is 17.1 Å². The Hall–Kier alpha value is -3.54. The third kappa shape index (κ3) is 7.21. The monoisotopic (exact) mass is 648 g/mol. The van der Waals surface area contributed by atoms with Crippen LogP contribution in [0.25, 0.3) is 0 Å². The number of methoxy groups -OCH3 is 1. The van der Waals surface area contributed by atoms with Crippen LogP contribution in [0.1, 0.15) is 45.2 Å². The number of carbonyl (C=O) groups is 1. The van der Waals surface area contributed by atoms with Crippen molar-refractivity contribution >= 4 is 19.9 Å². The number of nitrogens with one attached hydrogen (secondary N) is 2. The third-order valence-corrected chi connectivity index (χ3v) is 14.2. The predicted octanol–water partition coefficient (Wildman–Crippen LogP) is 4.66. The average Bonchev–Trinajstić information content (AvgIpc) is 3.43. The summed E-state index contributed by atoms with van der Waals surface area (Å²) in [6.07, 6.45) is 8.51. The fraction of sp³-hybridized carbons (Fsp3) is 0.514. The summed E-state index contributed by atoms with van der Waals surface area (Å²) in [6, 6.07) is 8.64. The molecular weight excluding hydrogens is 600 g/mol. The molecule has 0 radical (unpaired) electrons.